The third-order valence-corrected chi connectivity index (χ3v) is 9.89. The fourth-order valence-electron chi connectivity index (χ4n) is 4.75. The summed E-state index contributed by atoms with van der Waals surface area (Å²) in [5.41, 5.74) is 1.15. The molecule has 0 radical (unpaired) electrons. The van der Waals surface area contributed by atoms with Gasteiger partial charge in [-0.05, 0) is 76.3 Å². The van der Waals surface area contributed by atoms with Gasteiger partial charge in [0.1, 0.15) is 11.3 Å². The van der Waals surface area contributed by atoms with E-state index in [9.17, 15) is 13.2 Å². The summed E-state index contributed by atoms with van der Waals surface area (Å²) in [4.78, 5) is 22.4. The number of aromatic nitrogens is 1. The number of nitrogens with zero attached hydrogens (tertiary/aromatic N) is 4. The van der Waals surface area contributed by atoms with Gasteiger partial charge < -0.3 is 9.64 Å². The van der Waals surface area contributed by atoms with Crippen LogP contribution in [-0.4, -0.2) is 75.9 Å². The summed E-state index contributed by atoms with van der Waals surface area (Å²) >= 11 is 1.44. The lowest BCUT2D eigenvalue weighted by molar-refractivity contribution is 0.0986. The largest absolute Gasteiger partial charge is 0.494 e. The SMILES string of the molecule is COc1cccc2sc(N(CCCN(C)C)C(=O)c3ccc(S(=O)(=O)N(C)C4CCCCC4)cc3)nc12. The van der Waals surface area contributed by atoms with Gasteiger partial charge in [0.25, 0.3) is 5.91 Å². The second-order valence-corrected chi connectivity index (χ2v) is 12.8. The molecule has 37 heavy (non-hydrogen) atoms. The topological polar surface area (TPSA) is 83.0 Å². The van der Waals surface area contributed by atoms with Gasteiger partial charge in [0.2, 0.25) is 10.0 Å². The molecule has 1 heterocycles. The summed E-state index contributed by atoms with van der Waals surface area (Å²) in [6.07, 6.45) is 5.82. The minimum atomic E-state index is -3.62. The molecule has 0 aliphatic heterocycles. The van der Waals surface area contributed by atoms with Crippen LogP contribution in [0.1, 0.15) is 48.9 Å². The second-order valence-electron chi connectivity index (χ2n) is 9.75. The van der Waals surface area contributed by atoms with E-state index in [1.54, 1.807) is 43.3 Å². The predicted octanol–water partition coefficient (Wildman–Crippen LogP) is 4.86. The quantitative estimate of drug-likeness (QED) is 0.363. The van der Waals surface area contributed by atoms with Crippen LogP contribution in [0.15, 0.2) is 47.4 Å². The van der Waals surface area contributed by atoms with Crippen LogP contribution in [0.3, 0.4) is 0 Å². The van der Waals surface area contributed by atoms with Crippen LogP contribution < -0.4 is 9.64 Å². The molecule has 4 rings (SSSR count). The molecule has 1 amide bonds. The van der Waals surface area contributed by atoms with Gasteiger partial charge in [-0.2, -0.15) is 4.31 Å². The minimum Gasteiger partial charge on any atom is -0.494 e. The number of amides is 1. The maximum absolute atomic E-state index is 13.7. The Morgan fingerprint density at radius 2 is 1.73 bits per heavy atom. The van der Waals surface area contributed by atoms with Crippen molar-refractivity contribution in [3.63, 3.8) is 0 Å². The molecule has 200 valence electrons. The van der Waals surface area contributed by atoms with Crippen molar-refractivity contribution in [3.05, 3.63) is 48.0 Å². The normalized spacial score (nSPS) is 15.0. The lowest BCUT2D eigenvalue weighted by atomic mass is 9.96. The lowest BCUT2D eigenvalue weighted by Crippen LogP contribution is -2.38. The van der Waals surface area contributed by atoms with Crippen LogP contribution in [0.4, 0.5) is 5.13 Å². The number of hydrogen-bond acceptors (Lipinski definition) is 7. The van der Waals surface area contributed by atoms with Gasteiger partial charge >= 0.3 is 0 Å². The fraction of sp³-hybridized carbons (Fsp3) is 0.481. The summed E-state index contributed by atoms with van der Waals surface area (Å²) in [5.74, 6) is 0.457. The van der Waals surface area contributed by atoms with Crippen LogP contribution in [-0.2, 0) is 10.0 Å². The van der Waals surface area contributed by atoms with E-state index in [1.165, 1.54) is 15.6 Å². The molecule has 0 bridgehead atoms. The van der Waals surface area contributed by atoms with E-state index in [1.807, 2.05) is 32.3 Å². The number of sulfonamides is 1. The van der Waals surface area contributed by atoms with Gasteiger partial charge in [0, 0.05) is 25.2 Å². The highest BCUT2D eigenvalue weighted by atomic mass is 32.2. The molecular formula is C27H36N4O4S2. The first-order valence-electron chi connectivity index (χ1n) is 12.7. The van der Waals surface area contributed by atoms with Gasteiger partial charge in [0.05, 0.1) is 16.7 Å². The first-order chi connectivity index (χ1) is 17.7. The van der Waals surface area contributed by atoms with Crippen molar-refractivity contribution in [1.82, 2.24) is 14.2 Å². The summed E-state index contributed by atoms with van der Waals surface area (Å²) in [5, 5.41) is 0.594. The molecule has 1 aliphatic rings. The van der Waals surface area contributed by atoms with Crippen molar-refractivity contribution >= 4 is 42.6 Å². The highest BCUT2D eigenvalue weighted by Gasteiger charge is 2.29. The van der Waals surface area contributed by atoms with E-state index < -0.39 is 10.0 Å². The molecule has 3 aromatic rings. The number of anilines is 1. The predicted molar refractivity (Wildman–Crippen MR) is 149 cm³/mol. The summed E-state index contributed by atoms with van der Waals surface area (Å²) in [7, 11) is 3.64. The highest BCUT2D eigenvalue weighted by Crippen LogP contribution is 2.35. The van der Waals surface area contributed by atoms with E-state index in [0.29, 0.717) is 23.0 Å². The number of fused-ring (bicyclic) bond motifs is 1. The van der Waals surface area contributed by atoms with Crippen LogP contribution in [0.25, 0.3) is 10.2 Å². The lowest BCUT2D eigenvalue weighted by Gasteiger charge is -2.30. The number of para-hydroxylation sites is 1. The van der Waals surface area contributed by atoms with E-state index in [-0.39, 0.29) is 16.8 Å². The molecule has 2 aromatic carbocycles. The van der Waals surface area contributed by atoms with Crippen LogP contribution in [0.5, 0.6) is 5.75 Å². The van der Waals surface area contributed by atoms with E-state index in [0.717, 1.165) is 55.3 Å². The Balaban J connectivity index is 1.60. The molecule has 1 aliphatic carbocycles. The molecule has 0 unspecified atom stereocenters. The summed E-state index contributed by atoms with van der Waals surface area (Å²) in [6.45, 7) is 1.31. The zero-order chi connectivity index (χ0) is 26.6. The smallest absolute Gasteiger partial charge is 0.260 e. The molecular weight excluding hydrogens is 508 g/mol. The van der Waals surface area contributed by atoms with Crippen molar-refractivity contribution in [2.24, 2.45) is 0 Å². The third-order valence-electron chi connectivity index (χ3n) is 6.92. The fourth-order valence-corrected chi connectivity index (χ4v) is 7.18. The van der Waals surface area contributed by atoms with Gasteiger partial charge in [-0.3, -0.25) is 9.69 Å². The molecule has 0 spiro atoms. The van der Waals surface area contributed by atoms with E-state index in [4.69, 9.17) is 9.72 Å². The first-order valence-corrected chi connectivity index (χ1v) is 15.0. The average Bonchev–Trinajstić information content (AvgIpc) is 3.35. The molecule has 8 nitrogen and oxygen atoms in total. The van der Waals surface area contributed by atoms with Crippen LogP contribution in [0, 0.1) is 0 Å². The number of ether oxygens (including phenoxy) is 1. The Hall–Kier alpha value is -2.53. The van der Waals surface area contributed by atoms with Gasteiger partial charge in [-0.1, -0.05) is 36.7 Å². The highest BCUT2D eigenvalue weighted by molar-refractivity contribution is 7.89. The Labute approximate surface area is 223 Å². The average molecular weight is 545 g/mol. The van der Waals surface area contributed by atoms with Gasteiger partial charge in [-0.25, -0.2) is 13.4 Å². The first kappa shape index (κ1) is 27.5. The molecule has 0 atom stereocenters. The Morgan fingerprint density at radius 1 is 1.03 bits per heavy atom. The van der Waals surface area contributed by atoms with Crippen molar-refractivity contribution in [3.8, 4) is 5.75 Å². The number of methoxy groups -OCH3 is 1. The molecule has 1 fully saturated rings. The molecule has 0 N–H and O–H groups in total. The summed E-state index contributed by atoms with van der Waals surface area (Å²) in [6, 6.07) is 12.1. The maximum Gasteiger partial charge on any atom is 0.260 e. The monoisotopic (exact) mass is 544 g/mol. The van der Waals surface area contributed by atoms with Crippen LogP contribution in [0.2, 0.25) is 0 Å². The van der Waals surface area contributed by atoms with E-state index >= 15 is 0 Å². The zero-order valence-electron chi connectivity index (χ0n) is 22.0. The zero-order valence-corrected chi connectivity index (χ0v) is 23.6. The molecule has 1 aromatic heterocycles. The third kappa shape index (κ3) is 6.14. The van der Waals surface area contributed by atoms with Gasteiger partial charge in [-0.15, -0.1) is 0 Å². The van der Waals surface area contributed by atoms with Crippen LogP contribution >= 0.6 is 11.3 Å². The Bertz CT molecular complexity index is 1320. The number of carbonyl (C=O) groups is 1. The second kappa shape index (κ2) is 11.9. The molecule has 10 heteroatoms. The minimum absolute atomic E-state index is 0.0308. The number of benzene rings is 2. The molecule has 0 saturated heterocycles. The molecule has 1 saturated carbocycles. The number of thiazole rings is 1. The number of carbonyl (C=O) groups excluding carboxylic acids is 1. The Morgan fingerprint density at radius 3 is 2.38 bits per heavy atom. The van der Waals surface area contributed by atoms with Gasteiger partial charge in [0.15, 0.2) is 5.13 Å². The van der Waals surface area contributed by atoms with E-state index in [2.05, 4.69) is 4.90 Å². The number of rotatable bonds is 10. The van der Waals surface area contributed by atoms with Crippen molar-refractivity contribution < 1.29 is 17.9 Å². The van der Waals surface area contributed by atoms with Crippen molar-refractivity contribution in [1.29, 1.82) is 0 Å². The van der Waals surface area contributed by atoms with Crippen molar-refractivity contribution in [2.45, 2.75) is 49.5 Å². The van der Waals surface area contributed by atoms with Crippen molar-refractivity contribution in [2.75, 3.05) is 46.2 Å². The summed E-state index contributed by atoms with van der Waals surface area (Å²) < 4.78 is 34.4. The number of hydrogen-bond donors (Lipinski definition) is 0. The maximum atomic E-state index is 13.7. The Kier molecular flexibility index (Phi) is 8.84. The standard InChI is InChI=1S/C27H36N4O4S2/c1-29(2)18-9-19-31(27-28-25-23(35-4)12-8-13-24(25)36-27)26(32)20-14-16-22(17-15-20)37(33,34)30(3)21-10-6-5-7-11-21/h8,12-17,21H,5-7,9-11,18-19H2,1-4H3.